The van der Waals surface area contributed by atoms with Crippen LogP contribution in [0.1, 0.15) is 11.1 Å². The van der Waals surface area contributed by atoms with Crippen molar-refractivity contribution in [1.29, 1.82) is 0 Å². The second-order valence-electron chi connectivity index (χ2n) is 6.55. The fourth-order valence-corrected chi connectivity index (χ4v) is 3.15. The van der Waals surface area contributed by atoms with E-state index in [1.54, 1.807) is 59.6 Å². The maximum absolute atomic E-state index is 14.2. The van der Waals surface area contributed by atoms with Gasteiger partial charge in [0, 0.05) is 16.8 Å². The largest absolute Gasteiger partial charge is 0.448 e. The highest BCUT2D eigenvalue weighted by Crippen LogP contribution is 2.35. The first-order valence-electron chi connectivity index (χ1n) is 9.14. The number of aliphatic hydroxyl groups is 1. The molecule has 3 aromatic carbocycles. The first-order chi connectivity index (χ1) is 14.2. The Labute approximate surface area is 167 Å². The molecule has 29 heavy (non-hydrogen) atoms. The minimum Gasteiger partial charge on any atom is -0.448 e. The van der Waals surface area contributed by atoms with E-state index < -0.39 is 5.91 Å². The van der Waals surface area contributed by atoms with Gasteiger partial charge < -0.3 is 20.1 Å². The standard InChI is InChI=1S/C23H19FN2O3/c24-18-9-3-1-7-16(18)13-26-14-22(29-21-12-6-5-11-20(21)26)23(28)25-19-10-4-2-8-17(19)15-27/h1-12,14,27H,13,15H2,(H,25,28). The molecule has 0 saturated heterocycles. The number of para-hydroxylation sites is 3. The molecule has 1 amide bonds. The van der Waals surface area contributed by atoms with Crippen LogP contribution in [-0.4, -0.2) is 11.0 Å². The molecule has 1 aliphatic rings. The minimum absolute atomic E-state index is 0.0767. The van der Waals surface area contributed by atoms with E-state index in [2.05, 4.69) is 5.32 Å². The van der Waals surface area contributed by atoms with Gasteiger partial charge in [-0.2, -0.15) is 0 Å². The highest BCUT2D eigenvalue weighted by Gasteiger charge is 2.24. The number of rotatable bonds is 5. The molecule has 0 fully saturated rings. The van der Waals surface area contributed by atoms with E-state index in [0.29, 0.717) is 22.6 Å². The number of anilines is 2. The van der Waals surface area contributed by atoms with E-state index in [0.717, 1.165) is 5.69 Å². The molecule has 0 atom stereocenters. The number of nitrogens with one attached hydrogen (secondary N) is 1. The van der Waals surface area contributed by atoms with Crippen LogP contribution in [0, 0.1) is 5.82 Å². The summed E-state index contributed by atoms with van der Waals surface area (Å²) in [6.07, 6.45) is 1.56. The van der Waals surface area contributed by atoms with Crippen LogP contribution in [0.3, 0.4) is 0 Å². The highest BCUT2D eigenvalue weighted by molar-refractivity contribution is 6.03. The number of nitrogens with zero attached hydrogens (tertiary/aromatic N) is 1. The smallest absolute Gasteiger partial charge is 0.292 e. The van der Waals surface area contributed by atoms with Crippen LogP contribution < -0.4 is 15.0 Å². The predicted molar refractivity (Wildman–Crippen MR) is 109 cm³/mol. The molecule has 2 N–H and O–H groups in total. The average molecular weight is 390 g/mol. The molecule has 5 nitrogen and oxygen atoms in total. The molecule has 0 aliphatic carbocycles. The van der Waals surface area contributed by atoms with Crippen molar-refractivity contribution in [2.45, 2.75) is 13.2 Å². The second-order valence-corrected chi connectivity index (χ2v) is 6.55. The van der Waals surface area contributed by atoms with Crippen LogP contribution in [0.5, 0.6) is 5.75 Å². The number of ether oxygens (including phenoxy) is 1. The van der Waals surface area contributed by atoms with Crippen LogP contribution in [0.25, 0.3) is 0 Å². The van der Waals surface area contributed by atoms with Crippen LogP contribution in [0.15, 0.2) is 84.8 Å². The highest BCUT2D eigenvalue weighted by atomic mass is 19.1. The molecule has 0 aromatic heterocycles. The van der Waals surface area contributed by atoms with Gasteiger partial charge in [0.1, 0.15) is 5.82 Å². The molecular weight excluding hydrogens is 371 g/mol. The molecule has 146 valence electrons. The van der Waals surface area contributed by atoms with Crippen molar-refractivity contribution in [3.05, 3.63) is 102 Å². The molecular formula is C23H19FN2O3. The quantitative estimate of drug-likeness (QED) is 0.686. The van der Waals surface area contributed by atoms with Crippen LogP contribution >= 0.6 is 0 Å². The van der Waals surface area contributed by atoms with Gasteiger partial charge in [0.2, 0.25) is 5.76 Å². The number of carbonyl (C=O) groups is 1. The first kappa shape index (κ1) is 18.7. The third kappa shape index (κ3) is 3.97. The van der Waals surface area contributed by atoms with Gasteiger partial charge in [-0.3, -0.25) is 4.79 Å². The summed E-state index contributed by atoms with van der Waals surface area (Å²) in [5, 5.41) is 12.2. The SMILES string of the molecule is O=C(Nc1ccccc1CO)C1=CN(Cc2ccccc2F)c2ccccc2O1. The zero-order valence-electron chi connectivity index (χ0n) is 15.5. The third-order valence-electron chi connectivity index (χ3n) is 4.63. The van der Waals surface area contributed by atoms with E-state index >= 15 is 0 Å². The summed E-state index contributed by atoms with van der Waals surface area (Å²) in [6, 6.07) is 20.8. The van der Waals surface area contributed by atoms with Gasteiger partial charge >= 0.3 is 0 Å². The summed E-state index contributed by atoms with van der Waals surface area (Å²) < 4.78 is 20.0. The van der Waals surface area contributed by atoms with E-state index in [1.165, 1.54) is 6.07 Å². The normalized spacial score (nSPS) is 12.6. The van der Waals surface area contributed by atoms with Crippen molar-refractivity contribution < 1.29 is 19.0 Å². The van der Waals surface area contributed by atoms with E-state index in [4.69, 9.17) is 4.74 Å². The number of benzene rings is 3. The van der Waals surface area contributed by atoms with Gasteiger partial charge in [-0.05, 0) is 24.3 Å². The maximum Gasteiger partial charge on any atom is 0.292 e. The molecule has 0 unspecified atom stereocenters. The lowest BCUT2D eigenvalue weighted by atomic mass is 10.1. The van der Waals surface area contributed by atoms with Gasteiger partial charge in [0.25, 0.3) is 5.91 Å². The number of halogens is 1. The van der Waals surface area contributed by atoms with Crippen molar-refractivity contribution in [1.82, 2.24) is 0 Å². The number of carbonyl (C=O) groups excluding carboxylic acids is 1. The van der Waals surface area contributed by atoms with Gasteiger partial charge in [0.15, 0.2) is 5.75 Å². The Hall–Kier alpha value is -3.64. The fraction of sp³-hybridized carbons (Fsp3) is 0.0870. The lowest BCUT2D eigenvalue weighted by molar-refractivity contribution is -0.114. The molecule has 1 aliphatic heterocycles. The molecule has 6 heteroatoms. The minimum atomic E-state index is -0.459. The summed E-state index contributed by atoms with van der Waals surface area (Å²) >= 11 is 0. The predicted octanol–water partition coefficient (Wildman–Crippen LogP) is 4.20. The maximum atomic E-state index is 14.2. The summed E-state index contributed by atoms with van der Waals surface area (Å²) in [4.78, 5) is 14.6. The molecule has 4 rings (SSSR count). The van der Waals surface area contributed by atoms with Crippen LogP contribution in [0.4, 0.5) is 15.8 Å². The number of amides is 1. The van der Waals surface area contributed by atoms with Crippen LogP contribution in [-0.2, 0) is 17.9 Å². The zero-order chi connectivity index (χ0) is 20.2. The van der Waals surface area contributed by atoms with E-state index in [9.17, 15) is 14.3 Å². The van der Waals surface area contributed by atoms with Crippen LogP contribution in [0.2, 0.25) is 0 Å². The van der Waals surface area contributed by atoms with Crippen molar-refractivity contribution in [2.24, 2.45) is 0 Å². The zero-order valence-corrected chi connectivity index (χ0v) is 15.5. The Kier molecular flexibility index (Phi) is 5.27. The molecule has 1 heterocycles. The van der Waals surface area contributed by atoms with Crippen molar-refractivity contribution in [3.8, 4) is 5.75 Å². The monoisotopic (exact) mass is 390 g/mol. The lowest BCUT2D eigenvalue weighted by Crippen LogP contribution is -2.28. The number of hydrogen-bond donors (Lipinski definition) is 2. The molecule has 0 saturated carbocycles. The number of aliphatic hydroxyl groups excluding tert-OH is 1. The second kappa shape index (κ2) is 8.16. The third-order valence-corrected chi connectivity index (χ3v) is 4.63. The fourth-order valence-electron chi connectivity index (χ4n) is 3.15. The lowest BCUT2D eigenvalue weighted by Gasteiger charge is -2.29. The van der Waals surface area contributed by atoms with E-state index in [1.807, 2.05) is 18.2 Å². The summed E-state index contributed by atoms with van der Waals surface area (Å²) in [5.74, 6) is -0.189. The topological polar surface area (TPSA) is 61.8 Å². The molecule has 0 bridgehead atoms. The van der Waals surface area contributed by atoms with Gasteiger partial charge in [-0.1, -0.05) is 48.5 Å². The average Bonchev–Trinajstić information content (AvgIpc) is 2.75. The van der Waals surface area contributed by atoms with Crippen molar-refractivity contribution in [3.63, 3.8) is 0 Å². The Balaban J connectivity index is 1.64. The Bertz CT molecular complexity index is 1080. The summed E-state index contributed by atoms with van der Waals surface area (Å²) in [5.41, 5.74) is 2.35. The molecule has 0 radical (unpaired) electrons. The first-order valence-corrected chi connectivity index (χ1v) is 9.14. The number of fused-ring (bicyclic) bond motifs is 1. The Morgan fingerprint density at radius 3 is 2.45 bits per heavy atom. The van der Waals surface area contributed by atoms with Gasteiger partial charge in [0.05, 0.1) is 25.0 Å². The molecule has 0 spiro atoms. The van der Waals surface area contributed by atoms with Crippen molar-refractivity contribution >= 4 is 17.3 Å². The number of hydrogen-bond acceptors (Lipinski definition) is 4. The Morgan fingerprint density at radius 2 is 1.66 bits per heavy atom. The summed E-state index contributed by atoms with van der Waals surface area (Å²) in [7, 11) is 0. The Morgan fingerprint density at radius 1 is 0.966 bits per heavy atom. The van der Waals surface area contributed by atoms with Gasteiger partial charge in [-0.25, -0.2) is 4.39 Å². The van der Waals surface area contributed by atoms with Crippen molar-refractivity contribution in [2.75, 3.05) is 10.2 Å². The van der Waals surface area contributed by atoms with Gasteiger partial charge in [-0.15, -0.1) is 0 Å². The van der Waals surface area contributed by atoms with E-state index in [-0.39, 0.29) is 24.7 Å². The molecule has 3 aromatic rings. The summed E-state index contributed by atoms with van der Waals surface area (Å²) in [6.45, 7) is 0.0512.